The van der Waals surface area contributed by atoms with E-state index in [1.807, 2.05) is 105 Å². The Bertz CT molecular complexity index is 1390. The highest BCUT2D eigenvalue weighted by Crippen LogP contribution is 2.34. The van der Waals surface area contributed by atoms with Gasteiger partial charge in [0.1, 0.15) is 30.5 Å². The fourth-order valence-electron chi connectivity index (χ4n) is 5.95. The van der Waals surface area contributed by atoms with Crippen molar-refractivity contribution in [2.45, 2.75) is 102 Å². The van der Waals surface area contributed by atoms with Crippen LogP contribution in [0.4, 0.5) is 0 Å². The lowest BCUT2D eigenvalue weighted by molar-refractivity contribution is -0.363. The highest BCUT2D eigenvalue weighted by molar-refractivity contribution is 5.66. The Morgan fingerprint density at radius 3 is 1.56 bits per heavy atom. The summed E-state index contributed by atoms with van der Waals surface area (Å²) in [4.78, 5) is 12.4. The first kappa shape index (κ1) is 35.8. The van der Waals surface area contributed by atoms with E-state index in [0.717, 1.165) is 16.7 Å². The number of rotatable bonds is 15. The van der Waals surface area contributed by atoms with Gasteiger partial charge in [-0.2, -0.15) is 0 Å². The predicted octanol–water partition coefficient (Wildman–Crippen LogP) is 5.11. The molecular formula is C38H46O10. The highest BCUT2D eigenvalue weighted by Gasteiger charge is 2.53. The second kappa shape index (κ2) is 17.8. The van der Waals surface area contributed by atoms with Gasteiger partial charge in [-0.05, 0) is 30.5 Å². The van der Waals surface area contributed by atoms with Crippen molar-refractivity contribution in [3.05, 3.63) is 120 Å². The van der Waals surface area contributed by atoms with E-state index in [-0.39, 0.29) is 19.8 Å². The van der Waals surface area contributed by atoms with Gasteiger partial charge in [-0.1, -0.05) is 97.1 Å². The second-order valence-electron chi connectivity index (χ2n) is 12.0. The first-order valence-corrected chi connectivity index (χ1v) is 16.3. The molecule has 0 spiro atoms. The molecule has 0 amide bonds. The molecule has 2 heterocycles. The van der Waals surface area contributed by atoms with Gasteiger partial charge in [-0.3, -0.25) is 4.79 Å². The molecule has 0 radical (unpaired) electrons. The highest BCUT2D eigenvalue weighted by atomic mass is 16.8. The van der Waals surface area contributed by atoms with Gasteiger partial charge in [-0.25, -0.2) is 0 Å². The molecule has 0 unspecified atom stereocenters. The van der Waals surface area contributed by atoms with Crippen LogP contribution >= 0.6 is 0 Å². The van der Waals surface area contributed by atoms with E-state index in [2.05, 4.69) is 6.58 Å². The van der Waals surface area contributed by atoms with Crippen LogP contribution in [-0.2, 0) is 62.5 Å². The Kier molecular flexibility index (Phi) is 13.3. The lowest BCUT2D eigenvalue weighted by Gasteiger charge is -2.48. The van der Waals surface area contributed by atoms with E-state index in [9.17, 15) is 9.90 Å². The molecule has 2 saturated heterocycles. The van der Waals surface area contributed by atoms with Crippen LogP contribution in [-0.4, -0.2) is 79.1 Å². The predicted molar refractivity (Wildman–Crippen MR) is 176 cm³/mol. The summed E-state index contributed by atoms with van der Waals surface area (Å²) in [5.74, 6) is -0.558. The monoisotopic (exact) mass is 662 g/mol. The Balaban J connectivity index is 1.41. The number of ether oxygens (including phenoxy) is 8. The van der Waals surface area contributed by atoms with E-state index in [0.29, 0.717) is 6.61 Å². The molecule has 2 aliphatic rings. The Labute approximate surface area is 282 Å². The number of hydrogen-bond acceptors (Lipinski definition) is 10. The van der Waals surface area contributed by atoms with Gasteiger partial charge in [-0.15, -0.1) is 6.58 Å². The van der Waals surface area contributed by atoms with Gasteiger partial charge >= 0.3 is 5.97 Å². The summed E-state index contributed by atoms with van der Waals surface area (Å²) in [6.45, 7) is 9.63. The Hall–Kier alpha value is -3.45. The Morgan fingerprint density at radius 2 is 1.10 bits per heavy atom. The normalized spacial score (nSPS) is 30.4. The Morgan fingerprint density at radius 1 is 0.667 bits per heavy atom. The summed E-state index contributed by atoms with van der Waals surface area (Å²) in [5.41, 5.74) is 2.85. The summed E-state index contributed by atoms with van der Waals surface area (Å²) in [5, 5.41) is 11.9. The quantitative estimate of drug-likeness (QED) is 0.174. The van der Waals surface area contributed by atoms with Crippen LogP contribution in [0.5, 0.6) is 0 Å². The second-order valence-corrected chi connectivity index (χ2v) is 12.0. The average molecular weight is 663 g/mol. The number of carbonyl (C=O) groups excluding carboxylic acids is 1. The van der Waals surface area contributed by atoms with Crippen molar-refractivity contribution in [1.82, 2.24) is 0 Å². The molecule has 1 N–H and O–H groups in total. The van der Waals surface area contributed by atoms with Gasteiger partial charge in [0.15, 0.2) is 18.7 Å². The van der Waals surface area contributed by atoms with E-state index in [1.54, 1.807) is 6.08 Å². The van der Waals surface area contributed by atoms with Crippen molar-refractivity contribution in [2.75, 3.05) is 6.61 Å². The average Bonchev–Trinajstić information content (AvgIpc) is 3.09. The lowest BCUT2D eigenvalue weighted by Crippen LogP contribution is -2.65. The van der Waals surface area contributed by atoms with Crippen molar-refractivity contribution >= 4 is 5.97 Å². The molecule has 10 atom stereocenters. The molecule has 0 aromatic heterocycles. The summed E-state index contributed by atoms with van der Waals surface area (Å²) >= 11 is 0. The maximum absolute atomic E-state index is 12.4. The zero-order valence-corrected chi connectivity index (χ0v) is 27.7. The van der Waals surface area contributed by atoms with Gasteiger partial charge in [0.05, 0.1) is 38.6 Å². The minimum absolute atomic E-state index is 0.146. The third-order valence-corrected chi connectivity index (χ3v) is 8.31. The molecule has 3 aromatic carbocycles. The largest absolute Gasteiger partial charge is 0.454 e. The number of hydrogen-bond donors (Lipinski definition) is 1. The SMILES string of the molecule is C=CCO[C@@H]1O[C@@H](C)[C@H](OCc2ccccc2)[C@@H](O[C@@H]2O[C@@H](C)[C@H](OCc3ccccc3)[C@@H](OCc3ccccc3)[C@H]2O)[C@H]1OC(C)=O. The zero-order chi connectivity index (χ0) is 33.9. The zero-order valence-electron chi connectivity index (χ0n) is 27.7. The van der Waals surface area contributed by atoms with E-state index >= 15 is 0 Å². The van der Waals surface area contributed by atoms with Crippen molar-refractivity contribution in [3.8, 4) is 0 Å². The first-order valence-electron chi connectivity index (χ1n) is 16.3. The molecule has 258 valence electrons. The maximum atomic E-state index is 12.4. The number of carbonyl (C=O) groups is 1. The van der Waals surface area contributed by atoms with Crippen LogP contribution in [0.3, 0.4) is 0 Å². The summed E-state index contributed by atoms with van der Waals surface area (Å²) in [6.07, 6.45) is -7.21. The fraction of sp³-hybridized carbons (Fsp3) is 0.447. The molecule has 3 aromatic rings. The number of aliphatic hydroxyl groups is 1. The smallest absolute Gasteiger partial charge is 0.303 e. The fourth-order valence-corrected chi connectivity index (χ4v) is 5.95. The third-order valence-electron chi connectivity index (χ3n) is 8.31. The molecule has 0 bridgehead atoms. The molecular weight excluding hydrogens is 616 g/mol. The van der Waals surface area contributed by atoms with E-state index in [1.165, 1.54) is 6.92 Å². The summed E-state index contributed by atoms with van der Waals surface area (Å²) in [6, 6.07) is 29.1. The maximum Gasteiger partial charge on any atom is 0.303 e. The minimum Gasteiger partial charge on any atom is -0.454 e. The number of benzene rings is 3. The molecule has 5 rings (SSSR count). The molecule has 48 heavy (non-hydrogen) atoms. The van der Waals surface area contributed by atoms with Gasteiger partial charge in [0.2, 0.25) is 0 Å². The van der Waals surface area contributed by atoms with Crippen LogP contribution < -0.4 is 0 Å². The van der Waals surface area contributed by atoms with Crippen molar-refractivity contribution in [3.63, 3.8) is 0 Å². The topological polar surface area (TPSA) is 111 Å². The molecule has 0 saturated carbocycles. The van der Waals surface area contributed by atoms with Crippen LogP contribution in [0.15, 0.2) is 104 Å². The van der Waals surface area contributed by atoms with E-state index in [4.69, 9.17) is 37.9 Å². The van der Waals surface area contributed by atoms with Crippen LogP contribution in [0, 0.1) is 0 Å². The molecule has 2 aliphatic heterocycles. The van der Waals surface area contributed by atoms with Crippen LogP contribution in [0.1, 0.15) is 37.5 Å². The number of esters is 1. The molecule has 0 aliphatic carbocycles. The van der Waals surface area contributed by atoms with Crippen molar-refractivity contribution in [2.24, 2.45) is 0 Å². The van der Waals surface area contributed by atoms with Gasteiger partial charge in [0.25, 0.3) is 0 Å². The van der Waals surface area contributed by atoms with Crippen molar-refractivity contribution in [1.29, 1.82) is 0 Å². The summed E-state index contributed by atoms with van der Waals surface area (Å²) in [7, 11) is 0. The van der Waals surface area contributed by atoms with Crippen LogP contribution in [0.2, 0.25) is 0 Å². The standard InChI is InChI=1S/C38H46O10/c1-5-21-41-38-36(47-27(4)39)35(33(26(3)46-38)43-23-29-17-11-7-12-18-29)48-37-31(40)34(44-24-30-19-13-8-14-20-30)32(25(2)45-37)42-22-28-15-9-6-10-16-28/h5-20,25-26,31-38,40H,1,21-24H2,2-4H3/t25-,26-,31+,32-,33-,34-,35+,36+,37-,38+/m0/s1. The summed E-state index contributed by atoms with van der Waals surface area (Å²) < 4.78 is 49.9. The molecule has 10 nitrogen and oxygen atoms in total. The van der Waals surface area contributed by atoms with Crippen LogP contribution in [0.25, 0.3) is 0 Å². The number of aliphatic hydroxyl groups excluding tert-OH is 1. The lowest BCUT2D eigenvalue weighted by atomic mass is 9.96. The molecule has 10 heteroatoms. The molecule has 2 fully saturated rings. The van der Waals surface area contributed by atoms with E-state index < -0.39 is 67.4 Å². The van der Waals surface area contributed by atoms with Gasteiger partial charge < -0.3 is 43.0 Å². The van der Waals surface area contributed by atoms with Gasteiger partial charge in [0, 0.05) is 6.92 Å². The minimum atomic E-state index is -1.29. The third kappa shape index (κ3) is 9.58. The van der Waals surface area contributed by atoms with Crippen molar-refractivity contribution < 1.29 is 47.8 Å². The first-order chi connectivity index (χ1) is 23.3.